The summed E-state index contributed by atoms with van der Waals surface area (Å²) in [5, 5.41) is 3.41. The maximum atomic E-state index is 13.3. The third-order valence-corrected chi connectivity index (χ3v) is 6.14. The summed E-state index contributed by atoms with van der Waals surface area (Å²) >= 11 is 0. The van der Waals surface area contributed by atoms with Crippen molar-refractivity contribution in [1.82, 2.24) is 5.32 Å². The van der Waals surface area contributed by atoms with Crippen LogP contribution in [0.15, 0.2) is 78.9 Å². The van der Waals surface area contributed by atoms with Crippen LogP contribution in [0.4, 0.5) is 5.69 Å². The molecule has 144 valence electrons. The van der Waals surface area contributed by atoms with Crippen molar-refractivity contribution in [3.63, 3.8) is 0 Å². The molecule has 0 aliphatic carbocycles. The predicted octanol–water partition coefficient (Wildman–Crippen LogP) is 4.16. The normalized spacial score (nSPS) is 17.4. The van der Waals surface area contributed by atoms with Gasteiger partial charge in [-0.25, -0.2) is 0 Å². The molecule has 1 saturated heterocycles. The molecule has 2 heterocycles. The standard InChI is InChI=1S/C25H22N2O2/c28-23(18-6-2-1-3-7-18)19-10-12-20(13-11-19)27-24(29)21-8-4-5-9-22(21)25(27)14-16-26-17-15-25/h1-13,26H,14-17H2. The van der Waals surface area contributed by atoms with Crippen molar-refractivity contribution in [2.45, 2.75) is 18.4 Å². The molecule has 1 fully saturated rings. The lowest BCUT2D eigenvalue weighted by molar-refractivity contribution is 0.0967. The molecule has 0 unspecified atom stereocenters. The number of ketones is 1. The smallest absolute Gasteiger partial charge is 0.259 e. The highest BCUT2D eigenvalue weighted by Crippen LogP contribution is 2.47. The zero-order valence-electron chi connectivity index (χ0n) is 16.1. The average Bonchev–Trinajstić information content (AvgIpc) is 3.02. The van der Waals surface area contributed by atoms with E-state index in [1.54, 1.807) is 0 Å². The topological polar surface area (TPSA) is 49.4 Å². The van der Waals surface area contributed by atoms with Crippen molar-refractivity contribution < 1.29 is 9.59 Å². The van der Waals surface area contributed by atoms with Gasteiger partial charge in [0.15, 0.2) is 5.78 Å². The number of hydrogen-bond donors (Lipinski definition) is 1. The Hall–Kier alpha value is -3.24. The average molecular weight is 382 g/mol. The Balaban J connectivity index is 1.53. The van der Waals surface area contributed by atoms with Gasteiger partial charge in [-0.15, -0.1) is 0 Å². The maximum Gasteiger partial charge on any atom is 0.259 e. The first kappa shape index (κ1) is 17.8. The van der Waals surface area contributed by atoms with Crippen molar-refractivity contribution in [2.24, 2.45) is 0 Å². The van der Waals surface area contributed by atoms with Gasteiger partial charge in [0.05, 0.1) is 5.54 Å². The van der Waals surface area contributed by atoms with Crippen molar-refractivity contribution in [2.75, 3.05) is 18.0 Å². The van der Waals surface area contributed by atoms with Crippen LogP contribution in [-0.2, 0) is 5.54 Å². The number of anilines is 1. The second-order valence-electron chi connectivity index (χ2n) is 7.71. The molecule has 5 rings (SSSR count). The summed E-state index contributed by atoms with van der Waals surface area (Å²) in [6.45, 7) is 1.76. The molecule has 0 radical (unpaired) electrons. The number of carbonyl (C=O) groups excluding carboxylic acids is 2. The van der Waals surface area contributed by atoms with E-state index in [1.807, 2.05) is 77.7 Å². The molecular weight excluding hydrogens is 360 g/mol. The van der Waals surface area contributed by atoms with Crippen molar-refractivity contribution in [1.29, 1.82) is 0 Å². The Labute approximate surface area is 170 Å². The molecule has 29 heavy (non-hydrogen) atoms. The lowest BCUT2D eigenvalue weighted by Crippen LogP contribution is -2.50. The fourth-order valence-electron chi connectivity index (χ4n) is 4.73. The quantitative estimate of drug-likeness (QED) is 0.692. The number of amides is 1. The van der Waals surface area contributed by atoms with Crippen LogP contribution in [0.3, 0.4) is 0 Å². The highest BCUT2D eigenvalue weighted by atomic mass is 16.2. The zero-order valence-corrected chi connectivity index (χ0v) is 16.1. The minimum absolute atomic E-state index is 0.00948. The van der Waals surface area contributed by atoms with E-state index in [0.717, 1.165) is 42.7 Å². The summed E-state index contributed by atoms with van der Waals surface area (Å²) in [5.74, 6) is 0.0365. The fourth-order valence-corrected chi connectivity index (χ4v) is 4.73. The van der Waals surface area contributed by atoms with E-state index in [1.165, 1.54) is 0 Å². The predicted molar refractivity (Wildman–Crippen MR) is 113 cm³/mol. The molecule has 3 aromatic rings. The van der Waals surface area contributed by atoms with Crippen LogP contribution >= 0.6 is 0 Å². The Bertz CT molecular complexity index is 1070. The molecular formula is C25H22N2O2. The fraction of sp³-hybridized carbons (Fsp3) is 0.200. The number of benzene rings is 3. The largest absolute Gasteiger partial charge is 0.317 e. The third kappa shape index (κ3) is 2.79. The molecule has 0 bridgehead atoms. The number of carbonyl (C=O) groups is 2. The Morgan fingerprint density at radius 2 is 1.41 bits per heavy atom. The highest BCUT2D eigenvalue weighted by molar-refractivity contribution is 6.13. The van der Waals surface area contributed by atoms with Gasteiger partial charge in [0, 0.05) is 22.4 Å². The van der Waals surface area contributed by atoms with Gasteiger partial charge in [0.1, 0.15) is 0 Å². The van der Waals surface area contributed by atoms with E-state index in [4.69, 9.17) is 0 Å². The number of nitrogens with one attached hydrogen (secondary N) is 1. The molecule has 4 nitrogen and oxygen atoms in total. The van der Waals surface area contributed by atoms with Crippen molar-refractivity contribution in [3.8, 4) is 0 Å². The Kier molecular flexibility index (Phi) is 4.29. The van der Waals surface area contributed by atoms with E-state index < -0.39 is 0 Å². The second kappa shape index (κ2) is 6.98. The summed E-state index contributed by atoms with van der Waals surface area (Å²) in [4.78, 5) is 28.0. The van der Waals surface area contributed by atoms with Gasteiger partial charge < -0.3 is 5.32 Å². The van der Waals surface area contributed by atoms with E-state index in [0.29, 0.717) is 11.1 Å². The Morgan fingerprint density at radius 3 is 2.14 bits per heavy atom. The van der Waals surface area contributed by atoms with Crippen LogP contribution in [-0.4, -0.2) is 24.8 Å². The zero-order chi connectivity index (χ0) is 19.8. The van der Waals surface area contributed by atoms with Crippen LogP contribution in [0.25, 0.3) is 0 Å². The van der Waals surface area contributed by atoms with Gasteiger partial charge in [-0.1, -0.05) is 48.5 Å². The van der Waals surface area contributed by atoms with E-state index in [-0.39, 0.29) is 17.2 Å². The third-order valence-electron chi connectivity index (χ3n) is 6.14. The van der Waals surface area contributed by atoms with Crippen LogP contribution < -0.4 is 10.2 Å². The van der Waals surface area contributed by atoms with E-state index >= 15 is 0 Å². The van der Waals surface area contributed by atoms with E-state index in [2.05, 4.69) is 11.4 Å². The van der Waals surface area contributed by atoms with Gasteiger partial charge in [0.25, 0.3) is 5.91 Å². The highest BCUT2D eigenvalue weighted by Gasteiger charge is 2.50. The van der Waals surface area contributed by atoms with Gasteiger partial charge in [-0.05, 0) is 61.8 Å². The number of fused-ring (bicyclic) bond motifs is 2. The first-order valence-electron chi connectivity index (χ1n) is 10.1. The molecule has 1 amide bonds. The molecule has 1 N–H and O–H groups in total. The van der Waals surface area contributed by atoms with E-state index in [9.17, 15) is 9.59 Å². The number of rotatable bonds is 3. The van der Waals surface area contributed by atoms with Crippen LogP contribution in [0.5, 0.6) is 0 Å². The summed E-state index contributed by atoms with van der Waals surface area (Å²) in [6, 6.07) is 24.7. The summed E-state index contributed by atoms with van der Waals surface area (Å²) in [5.41, 5.74) is 3.74. The molecule has 1 spiro atoms. The van der Waals surface area contributed by atoms with Crippen LogP contribution in [0.1, 0.15) is 44.7 Å². The molecule has 4 heteroatoms. The van der Waals surface area contributed by atoms with Crippen LogP contribution in [0, 0.1) is 0 Å². The maximum absolute atomic E-state index is 13.3. The Morgan fingerprint density at radius 1 is 0.793 bits per heavy atom. The molecule has 2 aliphatic heterocycles. The minimum atomic E-state index is -0.316. The molecule has 0 aromatic heterocycles. The summed E-state index contributed by atoms with van der Waals surface area (Å²) in [6.07, 6.45) is 1.75. The van der Waals surface area contributed by atoms with Crippen molar-refractivity contribution >= 4 is 17.4 Å². The lowest BCUT2D eigenvalue weighted by atomic mass is 9.81. The molecule has 2 aliphatic rings. The van der Waals surface area contributed by atoms with Gasteiger partial charge >= 0.3 is 0 Å². The molecule has 0 atom stereocenters. The number of nitrogens with zero attached hydrogens (tertiary/aromatic N) is 1. The first-order valence-corrected chi connectivity index (χ1v) is 10.1. The lowest BCUT2D eigenvalue weighted by Gasteiger charge is -2.42. The number of piperidine rings is 1. The second-order valence-corrected chi connectivity index (χ2v) is 7.71. The minimum Gasteiger partial charge on any atom is -0.317 e. The van der Waals surface area contributed by atoms with Gasteiger partial charge in [-0.3, -0.25) is 14.5 Å². The summed E-state index contributed by atoms with van der Waals surface area (Å²) in [7, 11) is 0. The monoisotopic (exact) mass is 382 g/mol. The van der Waals surface area contributed by atoms with Crippen LogP contribution in [0.2, 0.25) is 0 Å². The summed E-state index contributed by atoms with van der Waals surface area (Å²) < 4.78 is 0. The van der Waals surface area contributed by atoms with Gasteiger partial charge in [-0.2, -0.15) is 0 Å². The van der Waals surface area contributed by atoms with Crippen molar-refractivity contribution in [3.05, 3.63) is 101 Å². The molecule has 3 aromatic carbocycles. The molecule has 0 saturated carbocycles. The SMILES string of the molecule is O=C(c1ccccc1)c1ccc(N2C(=O)c3ccccc3C23CCNCC3)cc1. The first-order chi connectivity index (χ1) is 14.2. The number of hydrogen-bond acceptors (Lipinski definition) is 3. The van der Waals surface area contributed by atoms with Gasteiger partial charge in [0.2, 0.25) is 0 Å².